The van der Waals surface area contributed by atoms with Crippen molar-refractivity contribution in [3.8, 4) is 0 Å². The van der Waals surface area contributed by atoms with Crippen LogP contribution in [0, 0.1) is 17.3 Å². The van der Waals surface area contributed by atoms with Gasteiger partial charge in [-0.2, -0.15) is 0 Å². The Morgan fingerprint density at radius 1 is 1.02 bits per heavy atom. The molecule has 0 spiro atoms. The zero-order valence-electron chi connectivity index (χ0n) is 25.8. The van der Waals surface area contributed by atoms with Crippen molar-refractivity contribution in [2.24, 2.45) is 17.3 Å². The summed E-state index contributed by atoms with van der Waals surface area (Å²) < 4.78 is 11.4. The average Bonchev–Trinajstić information content (AvgIpc) is 2.86. The van der Waals surface area contributed by atoms with Crippen molar-refractivity contribution in [1.82, 2.24) is 15.1 Å². The van der Waals surface area contributed by atoms with Gasteiger partial charge in [-0.25, -0.2) is 4.79 Å². The molecule has 0 aromatic rings. The van der Waals surface area contributed by atoms with Crippen molar-refractivity contribution in [2.45, 2.75) is 104 Å². The summed E-state index contributed by atoms with van der Waals surface area (Å²) in [5.41, 5.74) is -1.32. The number of hydrogen-bond acceptors (Lipinski definition) is 5. The number of rotatable bonds is 12. The second kappa shape index (κ2) is 16.2. The van der Waals surface area contributed by atoms with Crippen LogP contribution in [0.2, 0.25) is 0 Å². The molecule has 228 valence electrons. The summed E-state index contributed by atoms with van der Waals surface area (Å²) in [4.78, 5) is 43.9. The summed E-state index contributed by atoms with van der Waals surface area (Å²) in [6.07, 6.45) is 10.6. The van der Waals surface area contributed by atoms with Crippen LogP contribution in [0.4, 0.5) is 4.79 Å². The first kappa shape index (κ1) is 33.9. The minimum atomic E-state index is -0.747. The lowest BCUT2D eigenvalue weighted by atomic mass is 9.77. The standard InChI is InChI=1S/C32H55N3O5/c1-8-10-14-26(22-25(3)4)28(36)35-18-13-11-12-15-27(23-35)33-29(37)32(24-39-21-9-2)16-19-34(20-17-32)30(38)40-31(5,6)7/h8-9,25-27H,1-2,10-24H2,3-7H3,(H,33,37). The Bertz CT molecular complexity index is 842. The minimum absolute atomic E-state index is 0.0235. The van der Waals surface area contributed by atoms with E-state index in [1.807, 2.05) is 31.7 Å². The molecule has 2 aliphatic heterocycles. The van der Waals surface area contributed by atoms with Crippen LogP contribution in [0.3, 0.4) is 0 Å². The largest absolute Gasteiger partial charge is 0.444 e. The molecule has 0 aromatic heterocycles. The molecule has 2 fully saturated rings. The molecule has 2 aliphatic rings. The van der Waals surface area contributed by atoms with Gasteiger partial charge >= 0.3 is 6.09 Å². The van der Waals surface area contributed by atoms with Crippen molar-refractivity contribution in [3.63, 3.8) is 0 Å². The molecule has 8 heteroatoms. The van der Waals surface area contributed by atoms with Gasteiger partial charge in [0.1, 0.15) is 5.60 Å². The highest BCUT2D eigenvalue weighted by molar-refractivity contribution is 5.84. The zero-order chi connectivity index (χ0) is 29.8. The molecule has 2 rings (SSSR count). The van der Waals surface area contributed by atoms with Crippen LogP contribution < -0.4 is 5.32 Å². The van der Waals surface area contributed by atoms with Gasteiger partial charge in [0.25, 0.3) is 0 Å². The lowest BCUT2D eigenvalue weighted by molar-refractivity contribution is -0.141. The van der Waals surface area contributed by atoms with Gasteiger partial charge in [0.05, 0.1) is 18.6 Å². The molecular formula is C32H55N3O5. The third-order valence-electron chi connectivity index (χ3n) is 7.86. The second-order valence-corrected chi connectivity index (χ2v) is 13.0. The molecule has 2 heterocycles. The van der Waals surface area contributed by atoms with Gasteiger partial charge < -0.3 is 24.6 Å². The first-order valence-electron chi connectivity index (χ1n) is 15.3. The molecule has 0 aromatic carbocycles. The molecule has 2 unspecified atom stereocenters. The number of allylic oxidation sites excluding steroid dienone is 1. The van der Waals surface area contributed by atoms with Gasteiger partial charge in [0.15, 0.2) is 0 Å². The Morgan fingerprint density at radius 2 is 1.73 bits per heavy atom. The average molecular weight is 562 g/mol. The van der Waals surface area contributed by atoms with Gasteiger partial charge in [-0.3, -0.25) is 9.59 Å². The number of nitrogens with zero attached hydrogens (tertiary/aromatic N) is 2. The highest BCUT2D eigenvalue weighted by Gasteiger charge is 2.44. The SMILES string of the molecule is C=CCCC(CC(C)C)C(=O)N1CCCCCC(NC(=O)C2(COCC=C)CCN(C(=O)OC(C)(C)C)CC2)C1. The van der Waals surface area contributed by atoms with E-state index >= 15 is 0 Å². The highest BCUT2D eigenvalue weighted by Crippen LogP contribution is 2.34. The van der Waals surface area contributed by atoms with E-state index in [2.05, 4.69) is 32.3 Å². The maximum absolute atomic E-state index is 13.9. The fraction of sp³-hybridized carbons (Fsp3) is 0.781. The van der Waals surface area contributed by atoms with Crippen molar-refractivity contribution in [2.75, 3.05) is 39.4 Å². The highest BCUT2D eigenvalue weighted by atomic mass is 16.6. The first-order chi connectivity index (χ1) is 18.9. The number of nitrogens with one attached hydrogen (secondary N) is 1. The summed E-state index contributed by atoms with van der Waals surface area (Å²) in [5, 5.41) is 3.32. The summed E-state index contributed by atoms with van der Waals surface area (Å²) in [6.45, 7) is 20.2. The molecule has 2 atom stereocenters. The fourth-order valence-corrected chi connectivity index (χ4v) is 5.68. The summed E-state index contributed by atoms with van der Waals surface area (Å²) in [6, 6.07) is -0.115. The fourth-order valence-electron chi connectivity index (χ4n) is 5.68. The third kappa shape index (κ3) is 10.9. The Balaban J connectivity index is 2.14. The maximum Gasteiger partial charge on any atom is 0.410 e. The molecule has 2 saturated heterocycles. The van der Waals surface area contributed by atoms with Crippen LogP contribution in [0.25, 0.3) is 0 Å². The Hall–Kier alpha value is -2.35. The minimum Gasteiger partial charge on any atom is -0.444 e. The van der Waals surface area contributed by atoms with Crippen molar-refractivity contribution < 1.29 is 23.9 Å². The second-order valence-electron chi connectivity index (χ2n) is 13.0. The molecule has 40 heavy (non-hydrogen) atoms. The molecular weight excluding hydrogens is 506 g/mol. The smallest absolute Gasteiger partial charge is 0.410 e. The van der Waals surface area contributed by atoms with Crippen molar-refractivity contribution >= 4 is 17.9 Å². The summed E-state index contributed by atoms with van der Waals surface area (Å²) >= 11 is 0. The Morgan fingerprint density at radius 3 is 2.33 bits per heavy atom. The summed E-state index contributed by atoms with van der Waals surface area (Å²) in [5.74, 6) is 0.561. The zero-order valence-corrected chi connectivity index (χ0v) is 25.8. The van der Waals surface area contributed by atoms with E-state index in [-0.39, 0.29) is 36.5 Å². The van der Waals surface area contributed by atoms with Crippen LogP contribution in [0.5, 0.6) is 0 Å². The molecule has 0 aliphatic carbocycles. The van der Waals surface area contributed by atoms with Crippen molar-refractivity contribution in [1.29, 1.82) is 0 Å². The quantitative estimate of drug-likeness (QED) is 0.243. The van der Waals surface area contributed by atoms with E-state index in [4.69, 9.17) is 9.47 Å². The predicted molar refractivity (Wildman–Crippen MR) is 160 cm³/mol. The lowest BCUT2D eigenvalue weighted by Gasteiger charge is -2.42. The van der Waals surface area contributed by atoms with Gasteiger partial charge in [-0.1, -0.05) is 38.8 Å². The molecule has 1 N–H and O–H groups in total. The van der Waals surface area contributed by atoms with E-state index in [1.54, 1.807) is 11.0 Å². The molecule has 0 radical (unpaired) electrons. The van der Waals surface area contributed by atoms with Gasteiger partial charge in [-0.05, 0) is 71.6 Å². The summed E-state index contributed by atoms with van der Waals surface area (Å²) in [7, 11) is 0. The topological polar surface area (TPSA) is 88.2 Å². The van der Waals surface area contributed by atoms with Crippen LogP contribution in [-0.4, -0.2) is 78.7 Å². The molecule has 3 amide bonds. The number of carbonyl (C=O) groups excluding carboxylic acids is 3. The van der Waals surface area contributed by atoms with Crippen LogP contribution >= 0.6 is 0 Å². The Labute approximate surface area is 242 Å². The van der Waals surface area contributed by atoms with Crippen LogP contribution in [0.15, 0.2) is 25.3 Å². The number of amides is 3. The van der Waals surface area contributed by atoms with E-state index in [0.29, 0.717) is 45.0 Å². The number of carbonyl (C=O) groups is 3. The molecule has 0 bridgehead atoms. The molecule has 0 saturated carbocycles. The Kier molecular flexibility index (Phi) is 13.7. The predicted octanol–water partition coefficient (Wildman–Crippen LogP) is 5.72. The molecule has 8 nitrogen and oxygen atoms in total. The lowest BCUT2D eigenvalue weighted by Crippen LogP contribution is -2.56. The van der Waals surface area contributed by atoms with E-state index in [9.17, 15) is 14.4 Å². The number of piperidine rings is 1. The number of hydrogen-bond donors (Lipinski definition) is 1. The number of ether oxygens (including phenoxy) is 2. The van der Waals surface area contributed by atoms with Gasteiger partial charge in [0, 0.05) is 38.1 Å². The normalized spacial score (nSPS) is 20.7. The van der Waals surface area contributed by atoms with Crippen molar-refractivity contribution in [3.05, 3.63) is 25.3 Å². The van der Waals surface area contributed by atoms with E-state index in [0.717, 1.165) is 51.5 Å². The number of likely N-dealkylation sites (tertiary alicyclic amines) is 2. The van der Waals surface area contributed by atoms with Gasteiger partial charge in [0.2, 0.25) is 11.8 Å². The first-order valence-corrected chi connectivity index (χ1v) is 15.3. The maximum atomic E-state index is 13.9. The van der Waals surface area contributed by atoms with E-state index in [1.165, 1.54) is 0 Å². The monoisotopic (exact) mass is 561 g/mol. The third-order valence-corrected chi connectivity index (χ3v) is 7.86. The van der Waals surface area contributed by atoms with Crippen LogP contribution in [0.1, 0.15) is 92.4 Å². The van der Waals surface area contributed by atoms with E-state index < -0.39 is 11.0 Å². The van der Waals surface area contributed by atoms with Gasteiger partial charge in [-0.15, -0.1) is 13.2 Å². The van der Waals surface area contributed by atoms with Crippen LogP contribution in [-0.2, 0) is 19.1 Å².